The van der Waals surface area contributed by atoms with Gasteiger partial charge in [-0.1, -0.05) is 17.7 Å². The number of aryl methyl sites for hydroxylation is 4. The van der Waals surface area contributed by atoms with Crippen molar-refractivity contribution in [1.82, 2.24) is 24.8 Å². The Hall–Kier alpha value is -3.22. The third-order valence-electron chi connectivity index (χ3n) is 4.24. The fourth-order valence-corrected chi connectivity index (χ4v) is 2.92. The van der Waals surface area contributed by atoms with Crippen LogP contribution in [0.5, 0.6) is 0 Å². The minimum absolute atomic E-state index is 0.0668. The van der Waals surface area contributed by atoms with E-state index in [0.29, 0.717) is 30.3 Å². The Morgan fingerprint density at radius 2 is 1.89 bits per heavy atom. The number of carbonyl (C=O) groups is 1. The normalized spacial score (nSPS) is 10.7. The summed E-state index contributed by atoms with van der Waals surface area (Å²) in [6.45, 7) is 8.80. The highest BCUT2D eigenvalue weighted by Crippen LogP contribution is 2.13. The molecule has 3 rings (SSSR count). The van der Waals surface area contributed by atoms with Crippen molar-refractivity contribution in [2.24, 2.45) is 0 Å². The van der Waals surface area contributed by atoms with E-state index < -0.39 is 0 Å². The minimum atomic E-state index is -0.0668. The second-order valence-electron chi connectivity index (χ2n) is 6.50. The number of carbonyl (C=O) groups excluding carboxylic acids is 1. The van der Waals surface area contributed by atoms with E-state index in [9.17, 15) is 4.79 Å². The van der Waals surface area contributed by atoms with Crippen LogP contribution in [0, 0.1) is 27.7 Å². The van der Waals surface area contributed by atoms with Gasteiger partial charge in [0.2, 0.25) is 0 Å². The molecule has 7 nitrogen and oxygen atoms in total. The molecule has 3 aromatic rings. The van der Waals surface area contributed by atoms with Crippen LogP contribution in [-0.4, -0.2) is 38.5 Å². The van der Waals surface area contributed by atoms with Crippen molar-refractivity contribution in [2.45, 2.75) is 27.7 Å². The molecule has 0 aliphatic carbocycles. The molecule has 1 amide bonds. The van der Waals surface area contributed by atoms with Crippen molar-refractivity contribution >= 4 is 11.7 Å². The Labute approximate surface area is 158 Å². The lowest BCUT2D eigenvalue weighted by Crippen LogP contribution is -2.29. The van der Waals surface area contributed by atoms with Crippen LogP contribution >= 0.6 is 0 Å². The third-order valence-corrected chi connectivity index (χ3v) is 4.24. The first-order valence-electron chi connectivity index (χ1n) is 8.89. The number of anilines is 1. The maximum Gasteiger partial charge on any atom is 0.251 e. The molecule has 0 spiro atoms. The Morgan fingerprint density at radius 1 is 1.07 bits per heavy atom. The lowest BCUT2D eigenvalue weighted by Gasteiger charge is -2.11. The Morgan fingerprint density at radius 3 is 2.59 bits per heavy atom. The van der Waals surface area contributed by atoms with Gasteiger partial charge in [0.15, 0.2) is 0 Å². The van der Waals surface area contributed by atoms with E-state index in [0.717, 1.165) is 22.8 Å². The number of hydrogen-bond acceptors (Lipinski definition) is 5. The number of nitrogens with zero attached hydrogens (tertiary/aromatic N) is 4. The summed E-state index contributed by atoms with van der Waals surface area (Å²) in [6.07, 6.45) is 3.60. The molecule has 0 bridgehead atoms. The molecular weight excluding hydrogens is 340 g/mol. The van der Waals surface area contributed by atoms with Crippen molar-refractivity contribution < 1.29 is 4.79 Å². The van der Waals surface area contributed by atoms with Gasteiger partial charge in [0.05, 0.1) is 0 Å². The van der Waals surface area contributed by atoms with Crippen molar-refractivity contribution in [2.75, 3.05) is 18.4 Å². The quantitative estimate of drug-likeness (QED) is 0.657. The van der Waals surface area contributed by atoms with Crippen LogP contribution < -0.4 is 10.6 Å². The number of hydrogen-bond donors (Lipinski definition) is 2. The van der Waals surface area contributed by atoms with E-state index in [-0.39, 0.29) is 5.91 Å². The number of rotatable bonds is 6. The van der Waals surface area contributed by atoms with Gasteiger partial charge < -0.3 is 10.6 Å². The standard InChI is InChI=1S/C20H24N6O/c1-13-5-6-17(14(2)11-13)20(27)23-8-7-22-18-12-19(25-15(3)24-18)26-10-9-21-16(26)4/h5-6,9-12H,7-8H2,1-4H3,(H,23,27)(H,22,24,25). The van der Waals surface area contributed by atoms with Crippen LogP contribution in [0.2, 0.25) is 0 Å². The highest BCUT2D eigenvalue weighted by molar-refractivity contribution is 5.95. The number of imidazole rings is 1. The predicted molar refractivity (Wildman–Crippen MR) is 105 cm³/mol. The molecule has 2 heterocycles. The average molecular weight is 364 g/mol. The van der Waals surface area contributed by atoms with E-state index in [1.807, 2.05) is 62.7 Å². The fraction of sp³-hybridized carbons (Fsp3) is 0.300. The van der Waals surface area contributed by atoms with E-state index in [1.54, 1.807) is 6.20 Å². The lowest BCUT2D eigenvalue weighted by atomic mass is 10.1. The van der Waals surface area contributed by atoms with Gasteiger partial charge >= 0.3 is 0 Å². The molecular formula is C20H24N6O. The first-order chi connectivity index (χ1) is 12.9. The van der Waals surface area contributed by atoms with Crippen LogP contribution in [0.4, 0.5) is 5.82 Å². The summed E-state index contributed by atoms with van der Waals surface area (Å²) in [5, 5.41) is 6.17. The molecule has 140 valence electrons. The second-order valence-corrected chi connectivity index (χ2v) is 6.50. The van der Waals surface area contributed by atoms with Crippen molar-refractivity contribution in [1.29, 1.82) is 0 Å². The van der Waals surface area contributed by atoms with Crippen molar-refractivity contribution in [3.05, 3.63) is 65.0 Å². The highest BCUT2D eigenvalue weighted by Gasteiger charge is 2.09. The number of aromatic nitrogens is 4. The molecule has 0 saturated heterocycles. The molecule has 1 aromatic carbocycles. The monoisotopic (exact) mass is 364 g/mol. The summed E-state index contributed by atoms with van der Waals surface area (Å²) in [7, 11) is 0. The fourth-order valence-electron chi connectivity index (χ4n) is 2.92. The Kier molecular flexibility index (Phi) is 5.49. The van der Waals surface area contributed by atoms with E-state index in [4.69, 9.17) is 0 Å². The SMILES string of the molecule is Cc1ccc(C(=O)NCCNc2cc(-n3ccnc3C)nc(C)n2)c(C)c1. The van der Waals surface area contributed by atoms with Crippen molar-refractivity contribution in [3.63, 3.8) is 0 Å². The number of benzene rings is 1. The van der Waals surface area contributed by atoms with Gasteiger partial charge in [-0.15, -0.1) is 0 Å². The molecule has 0 aliphatic heterocycles. The van der Waals surface area contributed by atoms with E-state index in [2.05, 4.69) is 25.6 Å². The first-order valence-corrected chi connectivity index (χ1v) is 8.89. The van der Waals surface area contributed by atoms with Gasteiger partial charge in [-0.3, -0.25) is 9.36 Å². The van der Waals surface area contributed by atoms with Crippen LogP contribution in [0.3, 0.4) is 0 Å². The molecule has 0 fully saturated rings. The molecule has 0 atom stereocenters. The summed E-state index contributed by atoms with van der Waals surface area (Å²) in [5.41, 5.74) is 2.83. The van der Waals surface area contributed by atoms with Gasteiger partial charge in [-0.25, -0.2) is 15.0 Å². The summed E-state index contributed by atoms with van der Waals surface area (Å²) in [6, 6.07) is 7.69. The highest BCUT2D eigenvalue weighted by atomic mass is 16.1. The Balaban J connectivity index is 1.58. The van der Waals surface area contributed by atoms with Gasteiger partial charge in [0.25, 0.3) is 5.91 Å². The number of nitrogens with one attached hydrogen (secondary N) is 2. The van der Waals surface area contributed by atoms with Crippen LogP contribution in [-0.2, 0) is 0 Å². The molecule has 0 unspecified atom stereocenters. The first kappa shape index (κ1) is 18.6. The van der Waals surface area contributed by atoms with Gasteiger partial charge in [0, 0.05) is 37.1 Å². The molecule has 2 N–H and O–H groups in total. The van der Waals surface area contributed by atoms with Crippen LogP contribution in [0.25, 0.3) is 5.82 Å². The maximum absolute atomic E-state index is 12.3. The lowest BCUT2D eigenvalue weighted by molar-refractivity contribution is 0.0954. The third kappa shape index (κ3) is 4.49. The van der Waals surface area contributed by atoms with Gasteiger partial charge in [0.1, 0.15) is 23.3 Å². The summed E-state index contributed by atoms with van der Waals surface area (Å²) in [4.78, 5) is 25.4. The van der Waals surface area contributed by atoms with Crippen LogP contribution in [0.1, 0.15) is 33.1 Å². The Bertz CT molecular complexity index is 963. The molecule has 2 aromatic heterocycles. The molecule has 7 heteroatoms. The minimum Gasteiger partial charge on any atom is -0.368 e. The zero-order chi connectivity index (χ0) is 19.4. The molecule has 0 saturated carbocycles. The zero-order valence-electron chi connectivity index (χ0n) is 16.1. The molecule has 27 heavy (non-hydrogen) atoms. The summed E-state index contributed by atoms with van der Waals surface area (Å²) < 4.78 is 1.90. The van der Waals surface area contributed by atoms with Crippen LogP contribution in [0.15, 0.2) is 36.7 Å². The van der Waals surface area contributed by atoms with Crippen molar-refractivity contribution in [3.8, 4) is 5.82 Å². The smallest absolute Gasteiger partial charge is 0.251 e. The van der Waals surface area contributed by atoms with Gasteiger partial charge in [-0.2, -0.15) is 0 Å². The molecule has 0 aliphatic rings. The molecule has 0 radical (unpaired) electrons. The zero-order valence-corrected chi connectivity index (χ0v) is 16.1. The van der Waals surface area contributed by atoms with E-state index >= 15 is 0 Å². The van der Waals surface area contributed by atoms with Gasteiger partial charge in [-0.05, 0) is 39.3 Å². The topological polar surface area (TPSA) is 84.7 Å². The maximum atomic E-state index is 12.3. The summed E-state index contributed by atoms with van der Waals surface area (Å²) >= 11 is 0. The second kappa shape index (κ2) is 7.99. The largest absolute Gasteiger partial charge is 0.368 e. The van der Waals surface area contributed by atoms with E-state index in [1.165, 1.54) is 0 Å². The predicted octanol–water partition coefficient (Wildman–Crippen LogP) is 2.74. The number of amides is 1. The average Bonchev–Trinajstić information content (AvgIpc) is 3.04. The summed E-state index contributed by atoms with van der Waals surface area (Å²) in [5.74, 6) is 2.94.